The first-order chi connectivity index (χ1) is 14.2. The number of H-pyrrole nitrogens is 1. The van der Waals surface area contributed by atoms with Crippen LogP contribution in [0.1, 0.15) is 46.9 Å². The summed E-state index contributed by atoms with van der Waals surface area (Å²) in [6, 6.07) is 9.26. The van der Waals surface area contributed by atoms with E-state index in [2.05, 4.69) is 20.2 Å². The maximum atomic E-state index is 13.8. The number of fused-ring (bicyclic) bond motifs is 2. The molecule has 2 N–H and O–H groups in total. The minimum absolute atomic E-state index is 0.124. The molecule has 0 saturated carbocycles. The molecule has 1 fully saturated rings. The average molecular weight is 392 g/mol. The highest BCUT2D eigenvalue weighted by Gasteiger charge is 2.31. The summed E-state index contributed by atoms with van der Waals surface area (Å²) in [6.45, 7) is 2.61. The van der Waals surface area contributed by atoms with Crippen LogP contribution in [-0.2, 0) is 6.42 Å². The second-order valence-electron chi connectivity index (χ2n) is 8.21. The van der Waals surface area contributed by atoms with E-state index >= 15 is 0 Å². The first kappa shape index (κ1) is 18.3. The van der Waals surface area contributed by atoms with Crippen molar-refractivity contribution >= 4 is 16.8 Å². The van der Waals surface area contributed by atoms with Gasteiger partial charge >= 0.3 is 0 Å². The van der Waals surface area contributed by atoms with E-state index in [0.29, 0.717) is 24.2 Å². The number of nitrogens with zero attached hydrogens (tertiary/aromatic N) is 2. The van der Waals surface area contributed by atoms with Gasteiger partial charge in [-0.2, -0.15) is 0 Å². The predicted octanol–water partition coefficient (Wildman–Crippen LogP) is 3.83. The Kier molecular flexibility index (Phi) is 4.79. The Hall–Kier alpha value is -2.73. The fraction of sp³-hybridized carbons (Fsp3) is 0.391. The highest BCUT2D eigenvalue weighted by Crippen LogP contribution is 2.38. The number of piperidine rings is 1. The summed E-state index contributed by atoms with van der Waals surface area (Å²) in [7, 11) is 0. The molecule has 2 aromatic heterocycles. The molecule has 5 rings (SSSR count). The van der Waals surface area contributed by atoms with E-state index in [1.165, 1.54) is 5.56 Å². The first-order valence-electron chi connectivity index (χ1n) is 10.4. The standard InChI is InChI=1S/C23H25FN4O/c24-17-5-3-16-4-6-21(19(16)12-17)28-11-1-2-15(14-28)13-27-23(29)22-18-7-9-25-20(18)8-10-26-22/h3,5,7-10,12,15,21,25H,1-2,4,6,11,13-14H2,(H,27,29). The van der Waals surface area contributed by atoms with Gasteiger partial charge in [-0.1, -0.05) is 6.07 Å². The number of benzene rings is 1. The lowest BCUT2D eigenvalue weighted by Crippen LogP contribution is -2.42. The number of hydrogen-bond acceptors (Lipinski definition) is 3. The Bertz CT molecular complexity index is 1050. The monoisotopic (exact) mass is 392 g/mol. The van der Waals surface area contributed by atoms with Crippen molar-refractivity contribution in [3.63, 3.8) is 0 Å². The summed E-state index contributed by atoms with van der Waals surface area (Å²) in [4.78, 5) is 22.6. The minimum atomic E-state index is -0.150. The first-order valence-corrected chi connectivity index (χ1v) is 10.4. The number of hydrogen-bond donors (Lipinski definition) is 2. The lowest BCUT2D eigenvalue weighted by molar-refractivity contribution is 0.0907. The second-order valence-corrected chi connectivity index (χ2v) is 8.21. The van der Waals surface area contributed by atoms with Crippen LogP contribution in [0.15, 0.2) is 42.7 Å². The number of nitrogens with one attached hydrogen (secondary N) is 2. The van der Waals surface area contributed by atoms with E-state index in [1.807, 2.05) is 24.4 Å². The summed E-state index contributed by atoms with van der Waals surface area (Å²) in [5.74, 6) is 0.124. The molecule has 1 aliphatic carbocycles. The van der Waals surface area contributed by atoms with Crippen LogP contribution in [0.4, 0.5) is 4.39 Å². The molecule has 0 spiro atoms. The van der Waals surface area contributed by atoms with Crippen LogP contribution in [0, 0.1) is 11.7 Å². The molecule has 1 aliphatic heterocycles. The summed E-state index contributed by atoms with van der Waals surface area (Å²) in [5.41, 5.74) is 3.81. The maximum absolute atomic E-state index is 13.8. The molecule has 1 aromatic carbocycles. The summed E-state index contributed by atoms with van der Waals surface area (Å²) >= 11 is 0. The molecule has 0 bridgehead atoms. The van der Waals surface area contributed by atoms with Gasteiger partial charge in [-0.3, -0.25) is 14.7 Å². The quantitative estimate of drug-likeness (QED) is 0.709. The van der Waals surface area contributed by atoms with Gasteiger partial charge in [0.25, 0.3) is 5.91 Å². The fourth-order valence-corrected chi connectivity index (χ4v) is 4.96. The van der Waals surface area contributed by atoms with Gasteiger partial charge in [0, 0.05) is 42.4 Å². The van der Waals surface area contributed by atoms with Gasteiger partial charge in [0.2, 0.25) is 0 Å². The van der Waals surface area contributed by atoms with Crippen LogP contribution in [-0.4, -0.2) is 40.4 Å². The molecule has 5 nitrogen and oxygen atoms in total. The van der Waals surface area contributed by atoms with E-state index in [1.54, 1.807) is 18.3 Å². The molecule has 2 aliphatic rings. The number of rotatable bonds is 4. The molecule has 1 saturated heterocycles. The SMILES string of the molecule is O=C(NCC1CCCN(C2CCc3ccc(F)cc32)C1)c1nccc2[nH]ccc12. The van der Waals surface area contributed by atoms with Crippen molar-refractivity contribution in [1.29, 1.82) is 0 Å². The van der Waals surface area contributed by atoms with E-state index in [0.717, 1.165) is 55.2 Å². The Morgan fingerprint density at radius 1 is 1.28 bits per heavy atom. The van der Waals surface area contributed by atoms with Gasteiger partial charge in [0.15, 0.2) is 0 Å². The molecular formula is C23H25FN4O. The third-order valence-electron chi connectivity index (χ3n) is 6.39. The van der Waals surface area contributed by atoms with Crippen LogP contribution < -0.4 is 5.32 Å². The van der Waals surface area contributed by atoms with E-state index in [4.69, 9.17) is 0 Å². The molecule has 2 unspecified atom stereocenters. The Labute approximate surface area is 169 Å². The van der Waals surface area contributed by atoms with E-state index in [9.17, 15) is 9.18 Å². The molecule has 6 heteroatoms. The molecule has 2 atom stereocenters. The number of aromatic amines is 1. The van der Waals surface area contributed by atoms with Crippen molar-refractivity contribution in [2.24, 2.45) is 5.92 Å². The zero-order chi connectivity index (χ0) is 19.8. The van der Waals surface area contributed by atoms with Crippen LogP contribution in [0.2, 0.25) is 0 Å². The number of aryl methyl sites for hydroxylation is 1. The van der Waals surface area contributed by atoms with Gasteiger partial charge in [-0.15, -0.1) is 0 Å². The molecule has 29 heavy (non-hydrogen) atoms. The Balaban J connectivity index is 1.24. The summed E-state index contributed by atoms with van der Waals surface area (Å²) < 4.78 is 13.8. The molecule has 3 aromatic rings. The number of carbonyl (C=O) groups is 1. The molecule has 0 radical (unpaired) electrons. The maximum Gasteiger partial charge on any atom is 0.270 e. The largest absolute Gasteiger partial charge is 0.361 e. The normalized spacial score (nSPS) is 22.0. The van der Waals surface area contributed by atoms with Crippen molar-refractivity contribution in [3.8, 4) is 0 Å². The van der Waals surface area contributed by atoms with Gasteiger partial charge in [0.1, 0.15) is 11.5 Å². The molecule has 1 amide bonds. The van der Waals surface area contributed by atoms with Gasteiger partial charge < -0.3 is 10.3 Å². The molecule has 150 valence electrons. The smallest absolute Gasteiger partial charge is 0.270 e. The topological polar surface area (TPSA) is 61.0 Å². The van der Waals surface area contributed by atoms with Gasteiger partial charge in [0.05, 0.1) is 0 Å². The van der Waals surface area contributed by atoms with Crippen molar-refractivity contribution in [2.75, 3.05) is 19.6 Å². The highest BCUT2D eigenvalue weighted by atomic mass is 19.1. The summed E-state index contributed by atoms with van der Waals surface area (Å²) in [6.07, 6.45) is 7.76. The number of amides is 1. The lowest BCUT2D eigenvalue weighted by Gasteiger charge is -2.37. The van der Waals surface area contributed by atoms with Crippen molar-refractivity contribution in [2.45, 2.75) is 31.7 Å². The number of pyridine rings is 1. The van der Waals surface area contributed by atoms with Crippen LogP contribution in [0.5, 0.6) is 0 Å². The van der Waals surface area contributed by atoms with Crippen LogP contribution in [0.3, 0.4) is 0 Å². The average Bonchev–Trinajstić information content (AvgIpc) is 3.38. The summed E-state index contributed by atoms with van der Waals surface area (Å²) in [5, 5.41) is 3.94. The van der Waals surface area contributed by atoms with E-state index in [-0.39, 0.29) is 11.7 Å². The van der Waals surface area contributed by atoms with Crippen molar-refractivity contribution < 1.29 is 9.18 Å². The van der Waals surface area contributed by atoms with Gasteiger partial charge in [-0.25, -0.2) is 4.39 Å². The minimum Gasteiger partial charge on any atom is -0.361 e. The second kappa shape index (κ2) is 7.59. The predicted molar refractivity (Wildman–Crippen MR) is 110 cm³/mol. The number of aromatic nitrogens is 2. The van der Waals surface area contributed by atoms with Crippen LogP contribution >= 0.6 is 0 Å². The Morgan fingerprint density at radius 3 is 3.14 bits per heavy atom. The number of likely N-dealkylation sites (tertiary alicyclic amines) is 1. The zero-order valence-electron chi connectivity index (χ0n) is 16.3. The highest BCUT2D eigenvalue weighted by molar-refractivity contribution is 6.04. The number of halogens is 1. The van der Waals surface area contributed by atoms with Crippen molar-refractivity contribution in [3.05, 3.63) is 65.4 Å². The number of carbonyl (C=O) groups excluding carboxylic acids is 1. The zero-order valence-corrected chi connectivity index (χ0v) is 16.3. The molecular weight excluding hydrogens is 367 g/mol. The molecule has 3 heterocycles. The fourth-order valence-electron chi connectivity index (χ4n) is 4.96. The Morgan fingerprint density at radius 2 is 2.21 bits per heavy atom. The van der Waals surface area contributed by atoms with Crippen molar-refractivity contribution in [1.82, 2.24) is 20.2 Å². The van der Waals surface area contributed by atoms with Gasteiger partial charge in [-0.05, 0) is 73.5 Å². The van der Waals surface area contributed by atoms with Crippen LogP contribution in [0.25, 0.3) is 10.9 Å². The lowest BCUT2D eigenvalue weighted by atomic mass is 9.95. The van der Waals surface area contributed by atoms with E-state index < -0.39 is 0 Å². The third kappa shape index (κ3) is 3.53. The third-order valence-corrected chi connectivity index (χ3v) is 6.39.